The van der Waals surface area contributed by atoms with Crippen LogP contribution < -0.4 is 0 Å². The van der Waals surface area contributed by atoms with Gasteiger partial charge in [-0.15, -0.1) is 11.3 Å². The van der Waals surface area contributed by atoms with Gasteiger partial charge in [-0.2, -0.15) is 0 Å². The summed E-state index contributed by atoms with van der Waals surface area (Å²) in [7, 11) is 0. The molecule has 0 saturated carbocycles. The normalized spacial score (nSPS) is 17.9. The van der Waals surface area contributed by atoms with Gasteiger partial charge in [0.25, 0.3) is 0 Å². The Morgan fingerprint density at radius 1 is 1.14 bits per heavy atom. The molecule has 1 aliphatic carbocycles. The van der Waals surface area contributed by atoms with Gasteiger partial charge in [0.1, 0.15) is 10.8 Å². The quantitative estimate of drug-likeness (QED) is 0.719. The second-order valence-electron chi connectivity index (χ2n) is 5.38. The lowest BCUT2D eigenvalue weighted by molar-refractivity contribution is 0.153. The van der Waals surface area contributed by atoms with E-state index in [0.29, 0.717) is 5.39 Å². The Labute approximate surface area is 125 Å². The van der Waals surface area contributed by atoms with Crippen molar-refractivity contribution in [3.05, 3.63) is 52.8 Å². The molecule has 1 aromatic heterocycles. The minimum Gasteiger partial charge on any atom is -0.387 e. The Balaban J connectivity index is 1.93. The first-order valence-electron chi connectivity index (χ1n) is 7.09. The van der Waals surface area contributed by atoms with Crippen LogP contribution in [-0.2, 0) is 6.42 Å². The van der Waals surface area contributed by atoms with E-state index in [1.54, 1.807) is 23.5 Å². The van der Waals surface area contributed by atoms with Crippen molar-refractivity contribution in [3.63, 3.8) is 0 Å². The third kappa shape index (κ3) is 2.06. The lowest BCUT2D eigenvalue weighted by Crippen LogP contribution is -2.07. The SMILES string of the molecule is OC1CCCc2sc(-c3ccc(F)c4ccccc34)nc21. The molecule has 106 valence electrons. The van der Waals surface area contributed by atoms with Gasteiger partial charge in [-0.05, 0) is 36.8 Å². The smallest absolute Gasteiger partial charge is 0.131 e. The van der Waals surface area contributed by atoms with Crippen molar-refractivity contribution >= 4 is 22.1 Å². The molecule has 4 rings (SSSR count). The number of hydrogen-bond acceptors (Lipinski definition) is 3. The molecular weight excluding hydrogens is 285 g/mol. The summed E-state index contributed by atoms with van der Waals surface area (Å²) in [6.45, 7) is 0. The molecule has 0 amide bonds. The van der Waals surface area contributed by atoms with Crippen molar-refractivity contribution in [1.29, 1.82) is 0 Å². The van der Waals surface area contributed by atoms with E-state index < -0.39 is 6.10 Å². The minimum atomic E-state index is -0.453. The Bertz CT molecular complexity index is 827. The number of halogens is 1. The van der Waals surface area contributed by atoms with Crippen molar-refractivity contribution < 1.29 is 9.50 Å². The molecule has 0 aliphatic heterocycles. The first-order valence-corrected chi connectivity index (χ1v) is 7.91. The van der Waals surface area contributed by atoms with E-state index in [1.165, 1.54) is 6.07 Å². The van der Waals surface area contributed by atoms with Gasteiger partial charge in [0, 0.05) is 15.8 Å². The van der Waals surface area contributed by atoms with Crippen LogP contribution in [0.5, 0.6) is 0 Å². The second kappa shape index (κ2) is 4.90. The first kappa shape index (κ1) is 12.9. The van der Waals surface area contributed by atoms with Gasteiger partial charge in [-0.25, -0.2) is 9.37 Å². The molecule has 1 N–H and O–H groups in total. The third-order valence-electron chi connectivity index (χ3n) is 4.03. The van der Waals surface area contributed by atoms with Crippen molar-refractivity contribution in [3.8, 4) is 10.6 Å². The number of hydrogen-bond donors (Lipinski definition) is 1. The molecule has 0 bridgehead atoms. The predicted molar refractivity (Wildman–Crippen MR) is 82.9 cm³/mol. The van der Waals surface area contributed by atoms with E-state index >= 15 is 0 Å². The summed E-state index contributed by atoms with van der Waals surface area (Å²) in [4.78, 5) is 5.79. The molecule has 2 nitrogen and oxygen atoms in total. The average Bonchev–Trinajstić information content (AvgIpc) is 2.93. The molecule has 4 heteroatoms. The summed E-state index contributed by atoms with van der Waals surface area (Å²) in [5, 5.41) is 12.4. The second-order valence-corrected chi connectivity index (χ2v) is 6.46. The highest BCUT2D eigenvalue weighted by atomic mass is 32.1. The van der Waals surface area contributed by atoms with Crippen LogP contribution in [0.15, 0.2) is 36.4 Å². The molecule has 1 atom stereocenters. The van der Waals surface area contributed by atoms with Crippen molar-refractivity contribution in [1.82, 2.24) is 4.98 Å². The van der Waals surface area contributed by atoms with Crippen LogP contribution in [0.1, 0.15) is 29.5 Å². The highest BCUT2D eigenvalue weighted by molar-refractivity contribution is 7.15. The van der Waals surface area contributed by atoms with Gasteiger partial charge >= 0.3 is 0 Å². The summed E-state index contributed by atoms with van der Waals surface area (Å²) in [6.07, 6.45) is 2.30. The molecule has 1 heterocycles. The summed E-state index contributed by atoms with van der Waals surface area (Å²) < 4.78 is 13.9. The number of benzene rings is 2. The fourth-order valence-corrected chi connectivity index (χ4v) is 4.16. The lowest BCUT2D eigenvalue weighted by atomic mass is 10.0. The Morgan fingerprint density at radius 3 is 2.76 bits per heavy atom. The van der Waals surface area contributed by atoms with Gasteiger partial charge in [0.15, 0.2) is 0 Å². The minimum absolute atomic E-state index is 0.212. The molecule has 0 radical (unpaired) electrons. The molecule has 3 aromatic rings. The van der Waals surface area contributed by atoms with Crippen LogP contribution in [-0.4, -0.2) is 10.1 Å². The number of aliphatic hydroxyl groups is 1. The molecular formula is C17H14FNOS. The van der Waals surface area contributed by atoms with Gasteiger partial charge in [0.2, 0.25) is 0 Å². The van der Waals surface area contributed by atoms with Crippen LogP contribution in [0.3, 0.4) is 0 Å². The monoisotopic (exact) mass is 299 g/mol. The van der Waals surface area contributed by atoms with Crippen molar-refractivity contribution in [2.75, 3.05) is 0 Å². The Morgan fingerprint density at radius 2 is 1.95 bits per heavy atom. The van der Waals surface area contributed by atoms with E-state index in [9.17, 15) is 9.50 Å². The number of nitrogens with zero attached hydrogens (tertiary/aromatic N) is 1. The topological polar surface area (TPSA) is 33.1 Å². The Kier molecular flexibility index (Phi) is 3.01. The first-order chi connectivity index (χ1) is 10.2. The maximum absolute atomic E-state index is 13.9. The standard InChI is InChI=1S/C17H14FNOS/c18-13-9-8-12(10-4-1-2-5-11(10)13)17-19-16-14(20)6-3-7-15(16)21-17/h1-2,4-5,8-9,14,20H,3,6-7H2. The fraction of sp³-hybridized carbons (Fsp3) is 0.235. The zero-order valence-electron chi connectivity index (χ0n) is 11.3. The summed E-state index contributed by atoms with van der Waals surface area (Å²) >= 11 is 1.62. The maximum atomic E-state index is 13.9. The zero-order chi connectivity index (χ0) is 14.4. The zero-order valence-corrected chi connectivity index (χ0v) is 12.2. The highest BCUT2D eigenvalue weighted by Crippen LogP contribution is 2.39. The van der Waals surface area contributed by atoms with Crippen LogP contribution in [0.25, 0.3) is 21.3 Å². The molecule has 1 aliphatic rings. The summed E-state index contributed by atoms with van der Waals surface area (Å²) in [5.41, 5.74) is 1.76. The molecule has 1 unspecified atom stereocenters. The molecule has 0 spiro atoms. The predicted octanol–water partition coefficient (Wildman–Crippen LogP) is 4.47. The van der Waals surface area contributed by atoms with Gasteiger partial charge < -0.3 is 5.11 Å². The van der Waals surface area contributed by atoms with E-state index in [0.717, 1.165) is 45.8 Å². The van der Waals surface area contributed by atoms with Gasteiger partial charge in [0.05, 0.1) is 11.8 Å². The summed E-state index contributed by atoms with van der Waals surface area (Å²) in [5.74, 6) is -0.212. The van der Waals surface area contributed by atoms with Crippen LogP contribution in [0, 0.1) is 5.82 Å². The van der Waals surface area contributed by atoms with Gasteiger partial charge in [-0.1, -0.05) is 24.3 Å². The van der Waals surface area contributed by atoms with E-state index in [4.69, 9.17) is 0 Å². The van der Waals surface area contributed by atoms with E-state index in [-0.39, 0.29) is 5.82 Å². The van der Waals surface area contributed by atoms with Crippen LogP contribution in [0.2, 0.25) is 0 Å². The molecule has 0 saturated heterocycles. The lowest BCUT2D eigenvalue weighted by Gasteiger charge is -2.14. The number of rotatable bonds is 1. The van der Waals surface area contributed by atoms with Crippen LogP contribution >= 0.6 is 11.3 Å². The van der Waals surface area contributed by atoms with E-state index in [2.05, 4.69) is 4.98 Å². The molecule has 0 fully saturated rings. The highest BCUT2D eigenvalue weighted by Gasteiger charge is 2.23. The number of aryl methyl sites for hydroxylation is 1. The van der Waals surface area contributed by atoms with Crippen molar-refractivity contribution in [2.24, 2.45) is 0 Å². The Hall–Kier alpha value is -1.78. The summed E-state index contributed by atoms with van der Waals surface area (Å²) in [6, 6.07) is 10.7. The number of aliphatic hydroxyl groups excluding tert-OH is 1. The average molecular weight is 299 g/mol. The molecule has 21 heavy (non-hydrogen) atoms. The van der Waals surface area contributed by atoms with Gasteiger partial charge in [-0.3, -0.25) is 0 Å². The largest absolute Gasteiger partial charge is 0.387 e. The number of fused-ring (bicyclic) bond motifs is 2. The maximum Gasteiger partial charge on any atom is 0.131 e. The number of aromatic nitrogens is 1. The number of thiazole rings is 1. The fourth-order valence-electron chi connectivity index (χ4n) is 2.96. The van der Waals surface area contributed by atoms with E-state index in [1.807, 2.05) is 18.2 Å². The van der Waals surface area contributed by atoms with Crippen LogP contribution in [0.4, 0.5) is 4.39 Å². The third-order valence-corrected chi connectivity index (χ3v) is 5.19. The molecule has 2 aromatic carbocycles. The van der Waals surface area contributed by atoms with Crippen molar-refractivity contribution in [2.45, 2.75) is 25.4 Å².